The summed E-state index contributed by atoms with van der Waals surface area (Å²) in [6, 6.07) is 5.08. The van der Waals surface area contributed by atoms with Gasteiger partial charge in [0.15, 0.2) is 0 Å². The molecule has 0 atom stereocenters. The van der Waals surface area contributed by atoms with Crippen LogP contribution in [0.25, 0.3) is 6.08 Å². The maximum Gasteiger partial charge on any atom is 0.247 e. The van der Waals surface area contributed by atoms with Gasteiger partial charge < -0.3 is 9.80 Å². The van der Waals surface area contributed by atoms with Gasteiger partial charge in [0.1, 0.15) is 6.54 Å². The summed E-state index contributed by atoms with van der Waals surface area (Å²) in [5.74, 6) is -0.512. The third-order valence-electron chi connectivity index (χ3n) is 4.44. The SMILES string of the molecule is CON(C)C(=O)CCCN1CCN(C(=O)/C=C/c2ccc(Cl)c(Cl)c2)CC1=O. The number of benzene rings is 1. The monoisotopic (exact) mass is 427 g/mol. The van der Waals surface area contributed by atoms with Gasteiger partial charge in [-0.2, -0.15) is 0 Å². The molecule has 0 spiro atoms. The lowest BCUT2D eigenvalue weighted by Crippen LogP contribution is -2.52. The number of hydroxylamine groups is 2. The van der Waals surface area contributed by atoms with Crippen LogP contribution in [0.1, 0.15) is 18.4 Å². The Bertz CT molecular complexity index is 770. The number of piperazine rings is 1. The molecule has 0 aliphatic carbocycles. The van der Waals surface area contributed by atoms with E-state index in [4.69, 9.17) is 28.0 Å². The van der Waals surface area contributed by atoms with Crippen LogP contribution in [-0.4, -0.2) is 72.9 Å². The highest BCUT2D eigenvalue weighted by Crippen LogP contribution is 2.23. The molecular weight excluding hydrogens is 405 g/mol. The molecule has 152 valence electrons. The fourth-order valence-corrected chi connectivity index (χ4v) is 3.01. The minimum absolute atomic E-state index is 0.0243. The highest BCUT2D eigenvalue weighted by molar-refractivity contribution is 6.42. The predicted octanol–water partition coefficient (Wildman–Crippen LogP) is 2.48. The van der Waals surface area contributed by atoms with Gasteiger partial charge in [0.2, 0.25) is 17.7 Å². The molecule has 3 amide bonds. The molecule has 0 N–H and O–H groups in total. The van der Waals surface area contributed by atoms with Crippen molar-refractivity contribution in [3.8, 4) is 0 Å². The van der Waals surface area contributed by atoms with E-state index in [-0.39, 0.29) is 24.3 Å². The van der Waals surface area contributed by atoms with Crippen LogP contribution in [0.4, 0.5) is 0 Å². The van der Waals surface area contributed by atoms with Crippen molar-refractivity contribution in [3.05, 3.63) is 39.9 Å². The largest absolute Gasteiger partial charge is 0.339 e. The van der Waals surface area contributed by atoms with Gasteiger partial charge in [-0.1, -0.05) is 29.3 Å². The van der Waals surface area contributed by atoms with Crippen LogP contribution >= 0.6 is 23.2 Å². The Morgan fingerprint density at radius 2 is 2.00 bits per heavy atom. The van der Waals surface area contributed by atoms with E-state index in [0.717, 1.165) is 5.56 Å². The maximum absolute atomic E-state index is 12.3. The van der Waals surface area contributed by atoms with Gasteiger partial charge >= 0.3 is 0 Å². The zero-order valence-corrected chi connectivity index (χ0v) is 17.4. The van der Waals surface area contributed by atoms with Gasteiger partial charge in [-0.3, -0.25) is 19.2 Å². The molecule has 28 heavy (non-hydrogen) atoms. The number of carbonyl (C=O) groups excluding carboxylic acids is 3. The Labute approximate surface area is 174 Å². The van der Waals surface area contributed by atoms with Crippen molar-refractivity contribution in [3.63, 3.8) is 0 Å². The Morgan fingerprint density at radius 3 is 2.64 bits per heavy atom. The fraction of sp³-hybridized carbons (Fsp3) is 0.421. The van der Waals surface area contributed by atoms with Gasteiger partial charge in [0.05, 0.1) is 17.2 Å². The molecule has 1 aliphatic heterocycles. The molecule has 1 heterocycles. The summed E-state index contributed by atoms with van der Waals surface area (Å²) < 4.78 is 0. The van der Waals surface area contributed by atoms with Crippen molar-refractivity contribution < 1.29 is 19.2 Å². The zero-order valence-electron chi connectivity index (χ0n) is 15.9. The number of amides is 3. The van der Waals surface area contributed by atoms with Crippen LogP contribution in [0, 0.1) is 0 Å². The lowest BCUT2D eigenvalue weighted by atomic mass is 10.2. The molecule has 0 bridgehead atoms. The molecule has 0 unspecified atom stereocenters. The van der Waals surface area contributed by atoms with Crippen LogP contribution in [0.2, 0.25) is 10.0 Å². The maximum atomic E-state index is 12.3. The van der Waals surface area contributed by atoms with Crippen molar-refractivity contribution in [2.45, 2.75) is 12.8 Å². The van der Waals surface area contributed by atoms with Crippen molar-refractivity contribution in [2.24, 2.45) is 0 Å². The first-order valence-electron chi connectivity index (χ1n) is 8.82. The molecule has 9 heteroatoms. The van der Waals surface area contributed by atoms with E-state index in [0.29, 0.717) is 42.5 Å². The first kappa shape index (κ1) is 22.2. The van der Waals surface area contributed by atoms with E-state index in [2.05, 4.69) is 0 Å². The number of carbonyl (C=O) groups is 3. The molecule has 0 aromatic heterocycles. The standard InChI is InChI=1S/C19H23Cl2N3O4/c1-22(28-2)17(25)4-3-9-23-10-11-24(13-19(23)27)18(26)8-6-14-5-7-15(20)16(21)12-14/h5-8,12H,3-4,9-11,13H2,1-2H3/b8-6+. The molecule has 1 aromatic rings. The minimum atomic E-state index is -0.240. The third-order valence-corrected chi connectivity index (χ3v) is 5.18. The molecule has 1 fully saturated rings. The number of nitrogens with zero attached hydrogens (tertiary/aromatic N) is 3. The average Bonchev–Trinajstić information content (AvgIpc) is 2.68. The summed E-state index contributed by atoms with van der Waals surface area (Å²) >= 11 is 11.8. The number of hydrogen-bond acceptors (Lipinski definition) is 4. The van der Waals surface area contributed by atoms with Crippen molar-refractivity contribution in [1.82, 2.24) is 14.9 Å². The first-order valence-corrected chi connectivity index (χ1v) is 9.58. The molecule has 2 rings (SSSR count). The van der Waals surface area contributed by atoms with E-state index >= 15 is 0 Å². The molecule has 0 radical (unpaired) electrons. The third kappa shape index (κ3) is 6.22. The Kier molecular flexibility index (Phi) is 8.29. The second kappa shape index (κ2) is 10.5. The van der Waals surface area contributed by atoms with Crippen LogP contribution < -0.4 is 0 Å². The first-order chi connectivity index (χ1) is 13.3. The van der Waals surface area contributed by atoms with E-state index in [1.165, 1.54) is 23.1 Å². The summed E-state index contributed by atoms with van der Waals surface area (Å²) in [6.45, 7) is 1.39. The molecule has 0 saturated carbocycles. The summed E-state index contributed by atoms with van der Waals surface area (Å²) in [7, 11) is 2.97. The highest BCUT2D eigenvalue weighted by Gasteiger charge is 2.25. The molecule has 1 aliphatic rings. The van der Waals surface area contributed by atoms with Crippen LogP contribution in [0.5, 0.6) is 0 Å². The lowest BCUT2D eigenvalue weighted by molar-refractivity contribution is -0.168. The summed E-state index contributed by atoms with van der Waals surface area (Å²) in [4.78, 5) is 44.3. The normalized spacial score (nSPS) is 14.6. The van der Waals surface area contributed by atoms with Gasteiger partial charge in [0.25, 0.3) is 0 Å². The quantitative estimate of drug-likeness (QED) is 0.494. The summed E-state index contributed by atoms with van der Waals surface area (Å²) in [5.41, 5.74) is 0.749. The van der Waals surface area contributed by atoms with Crippen LogP contribution in [-0.2, 0) is 19.2 Å². The molecule has 7 nitrogen and oxygen atoms in total. The van der Waals surface area contributed by atoms with Crippen LogP contribution in [0.15, 0.2) is 24.3 Å². The lowest BCUT2D eigenvalue weighted by Gasteiger charge is -2.33. The molecular formula is C19H23Cl2N3O4. The van der Waals surface area contributed by atoms with Crippen molar-refractivity contribution >= 4 is 47.0 Å². The second-order valence-electron chi connectivity index (χ2n) is 6.32. The second-order valence-corrected chi connectivity index (χ2v) is 7.14. The zero-order chi connectivity index (χ0) is 20.7. The van der Waals surface area contributed by atoms with Crippen LogP contribution in [0.3, 0.4) is 0 Å². The van der Waals surface area contributed by atoms with E-state index < -0.39 is 0 Å². The van der Waals surface area contributed by atoms with Gasteiger partial charge in [-0.25, -0.2) is 5.06 Å². The summed E-state index contributed by atoms with van der Waals surface area (Å²) in [6.07, 6.45) is 3.90. The average molecular weight is 428 g/mol. The van der Waals surface area contributed by atoms with E-state index in [1.807, 2.05) is 0 Å². The summed E-state index contributed by atoms with van der Waals surface area (Å²) in [5, 5.41) is 2.02. The topological polar surface area (TPSA) is 70.2 Å². The van der Waals surface area contributed by atoms with E-state index in [9.17, 15) is 14.4 Å². The number of halogens is 2. The van der Waals surface area contributed by atoms with Gasteiger partial charge in [-0.05, 0) is 30.2 Å². The molecule has 1 aromatic carbocycles. The molecule has 1 saturated heterocycles. The number of hydrogen-bond donors (Lipinski definition) is 0. The highest BCUT2D eigenvalue weighted by atomic mass is 35.5. The minimum Gasteiger partial charge on any atom is -0.339 e. The number of rotatable bonds is 7. The smallest absolute Gasteiger partial charge is 0.247 e. The van der Waals surface area contributed by atoms with Gasteiger partial charge in [0, 0.05) is 39.2 Å². The Balaban J connectivity index is 1.81. The van der Waals surface area contributed by atoms with Gasteiger partial charge in [-0.15, -0.1) is 0 Å². The van der Waals surface area contributed by atoms with Crippen molar-refractivity contribution in [2.75, 3.05) is 40.3 Å². The van der Waals surface area contributed by atoms with Crippen molar-refractivity contribution in [1.29, 1.82) is 0 Å². The fourth-order valence-electron chi connectivity index (χ4n) is 2.70. The predicted molar refractivity (Wildman–Crippen MR) is 108 cm³/mol. The Hall–Kier alpha value is -2.09. The van der Waals surface area contributed by atoms with E-state index in [1.54, 1.807) is 36.2 Å². The Morgan fingerprint density at radius 1 is 1.25 bits per heavy atom.